The summed E-state index contributed by atoms with van der Waals surface area (Å²) in [5.41, 5.74) is 4.76. The minimum Gasteiger partial charge on any atom is -0.466 e. The van der Waals surface area contributed by atoms with Crippen molar-refractivity contribution in [1.82, 2.24) is 10.2 Å². The smallest absolute Gasteiger partial charge is 0.329 e. The normalized spacial score (nSPS) is 13.7. The molecule has 0 saturated heterocycles. The number of anilines is 1. The molecule has 1 fully saturated rings. The summed E-state index contributed by atoms with van der Waals surface area (Å²) in [6, 6.07) is 13.7. The summed E-state index contributed by atoms with van der Waals surface area (Å²) in [6.07, 6.45) is 8.24. The van der Waals surface area contributed by atoms with Gasteiger partial charge in [-0.15, -0.1) is 0 Å². The van der Waals surface area contributed by atoms with Crippen molar-refractivity contribution in [2.24, 2.45) is 5.92 Å². The lowest BCUT2D eigenvalue weighted by atomic mass is 9.97. The molecule has 8 nitrogen and oxygen atoms in total. The number of rotatable bonds is 7. The lowest BCUT2D eigenvalue weighted by Gasteiger charge is -2.17. The molecule has 202 valence electrons. The number of esters is 1. The Balaban J connectivity index is 0.000000296. The molecule has 0 radical (unpaired) electrons. The maximum Gasteiger partial charge on any atom is 0.329 e. The van der Waals surface area contributed by atoms with Gasteiger partial charge in [0, 0.05) is 37.8 Å². The molecule has 0 aromatic heterocycles. The molecule has 1 heterocycles. The van der Waals surface area contributed by atoms with Crippen molar-refractivity contribution < 1.29 is 23.9 Å². The fraction of sp³-hybridized carbons (Fsp3) is 0.333. The highest BCUT2D eigenvalue weighted by Gasteiger charge is 2.32. The van der Waals surface area contributed by atoms with Crippen molar-refractivity contribution in [3.8, 4) is 11.1 Å². The lowest BCUT2D eigenvalue weighted by molar-refractivity contribution is -0.134. The van der Waals surface area contributed by atoms with Crippen LogP contribution in [0.15, 0.2) is 67.4 Å². The molecule has 1 aliphatic carbocycles. The summed E-state index contributed by atoms with van der Waals surface area (Å²) < 4.78 is 4.14. The van der Waals surface area contributed by atoms with Crippen molar-refractivity contribution in [1.29, 1.82) is 0 Å². The number of aldehydes is 1. The third kappa shape index (κ3) is 7.90. The summed E-state index contributed by atoms with van der Waals surface area (Å²) in [6.45, 7) is 7.26. The van der Waals surface area contributed by atoms with E-state index in [9.17, 15) is 19.2 Å². The van der Waals surface area contributed by atoms with Gasteiger partial charge in [-0.2, -0.15) is 0 Å². The second-order valence-corrected chi connectivity index (χ2v) is 8.86. The van der Waals surface area contributed by atoms with Crippen LogP contribution in [0, 0.1) is 5.92 Å². The molecule has 0 spiro atoms. The van der Waals surface area contributed by atoms with E-state index in [1.54, 1.807) is 6.07 Å². The van der Waals surface area contributed by atoms with Gasteiger partial charge in [0.1, 0.15) is 12.0 Å². The van der Waals surface area contributed by atoms with Gasteiger partial charge in [0.05, 0.1) is 13.7 Å². The highest BCUT2D eigenvalue weighted by Crippen LogP contribution is 2.34. The van der Waals surface area contributed by atoms with Gasteiger partial charge in [-0.3, -0.25) is 14.5 Å². The highest BCUT2D eigenvalue weighted by atomic mass is 16.5. The van der Waals surface area contributed by atoms with Crippen LogP contribution >= 0.6 is 0 Å². The third-order valence-corrected chi connectivity index (χ3v) is 6.54. The van der Waals surface area contributed by atoms with Crippen LogP contribution in [0.25, 0.3) is 11.1 Å². The number of nitrogens with one attached hydrogen (secondary N) is 2. The fourth-order valence-electron chi connectivity index (χ4n) is 4.37. The molecule has 2 aromatic rings. The van der Waals surface area contributed by atoms with Gasteiger partial charge in [-0.05, 0) is 40.8 Å². The first kappa shape index (κ1) is 30.0. The Morgan fingerprint density at radius 2 is 1.71 bits per heavy atom. The standard InChI is InChI=1S/C19H19N3O2.C7H12O.C4H6O2/c1-12(18(23)21-3)22-11-17-15(5-4-6-16(17)19(22)24)13-7-9-14(20-2)10-8-13;8-6-5-7-3-1-2-4-7;1-3-4(5)6-2/h4-10,20H,1,11H2,2-3H3,(H,21,23);6-7H,1-5H2;3H,1H2,2H3. The maximum absolute atomic E-state index is 12.6. The Hall–Kier alpha value is -4.20. The highest BCUT2D eigenvalue weighted by molar-refractivity contribution is 6.06. The van der Waals surface area contributed by atoms with Crippen LogP contribution < -0.4 is 10.6 Å². The number of nitrogens with zero attached hydrogens (tertiary/aromatic N) is 1. The second kappa shape index (κ2) is 15.1. The van der Waals surface area contributed by atoms with E-state index in [4.69, 9.17) is 0 Å². The predicted octanol–water partition coefficient (Wildman–Crippen LogP) is 4.72. The lowest BCUT2D eigenvalue weighted by Crippen LogP contribution is -2.32. The Labute approximate surface area is 224 Å². The molecular formula is C30H37N3O5. The molecule has 2 amide bonds. The summed E-state index contributed by atoms with van der Waals surface area (Å²) in [5.74, 6) is -0.189. The van der Waals surface area contributed by atoms with Crippen molar-refractivity contribution in [3.63, 3.8) is 0 Å². The van der Waals surface area contributed by atoms with E-state index in [-0.39, 0.29) is 17.5 Å². The van der Waals surface area contributed by atoms with E-state index in [2.05, 4.69) is 28.5 Å². The van der Waals surface area contributed by atoms with Crippen LogP contribution in [0.1, 0.15) is 48.0 Å². The van der Waals surface area contributed by atoms with Crippen molar-refractivity contribution >= 4 is 29.8 Å². The van der Waals surface area contributed by atoms with Crippen molar-refractivity contribution in [2.45, 2.75) is 38.6 Å². The summed E-state index contributed by atoms with van der Waals surface area (Å²) >= 11 is 0. The summed E-state index contributed by atoms with van der Waals surface area (Å²) in [4.78, 5) is 45.7. The Bertz CT molecular complexity index is 1150. The van der Waals surface area contributed by atoms with Gasteiger partial charge < -0.3 is 20.2 Å². The maximum atomic E-state index is 12.6. The van der Waals surface area contributed by atoms with Gasteiger partial charge in [-0.1, -0.05) is 63.1 Å². The minimum absolute atomic E-state index is 0.162. The number of carbonyl (C=O) groups excluding carboxylic acids is 4. The topological polar surface area (TPSA) is 105 Å². The van der Waals surface area contributed by atoms with Gasteiger partial charge in [-0.25, -0.2) is 4.79 Å². The molecule has 2 aromatic carbocycles. The molecule has 1 aliphatic heterocycles. The number of methoxy groups -OCH3 is 1. The van der Waals surface area contributed by atoms with Crippen LogP contribution in [0.5, 0.6) is 0 Å². The summed E-state index contributed by atoms with van der Waals surface area (Å²) in [7, 11) is 4.70. The molecule has 0 unspecified atom stereocenters. The Morgan fingerprint density at radius 1 is 1.08 bits per heavy atom. The Morgan fingerprint density at radius 3 is 2.21 bits per heavy atom. The molecule has 2 N–H and O–H groups in total. The second-order valence-electron chi connectivity index (χ2n) is 8.86. The zero-order chi connectivity index (χ0) is 28.1. The number of fused-ring (bicyclic) bond motifs is 1. The molecule has 1 saturated carbocycles. The monoisotopic (exact) mass is 519 g/mol. The van der Waals surface area contributed by atoms with E-state index in [0.717, 1.165) is 47.1 Å². The van der Waals surface area contributed by atoms with E-state index in [0.29, 0.717) is 12.1 Å². The number of carbonyl (C=O) groups is 4. The van der Waals surface area contributed by atoms with Crippen LogP contribution in [0.2, 0.25) is 0 Å². The average molecular weight is 520 g/mol. The number of amides is 2. The quantitative estimate of drug-likeness (QED) is 0.312. The van der Waals surface area contributed by atoms with Gasteiger partial charge in [0.2, 0.25) is 0 Å². The molecule has 2 aliphatic rings. The molecule has 4 rings (SSSR count). The predicted molar refractivity (Wildman–Crippen MR) is 149 cm³/mol. The molecule has 38 heavy (non-hydrogen) atoms. The van der Waals surface area contributed by atoms with Crippen LogP contribution in [-0.2, 0) is 25.7 Å². The number of hydrogen-bond donors (Lipinski definition) is 2. The number of likely N-dealkylation sites (N-methyl/N-ethyl adjacent to an activating group) is 1. The largest absolute Gasteiger partial charge is 0.466 e. The van der Waals surface area contributed by atoms with Crippen molar-refractivity contribution in [3.05, 3.63) is 78.5 Å². The molecule has 0 bridgehead atoms. The number of benzene rings is 2. The summed E-state index contributed by atoms with van der Waals surface area (Å²) in [5, 5.41) is 5.60. The van der Waals surface area contributed by atoms with E-state index in [1.807, 2.05) is 43.4 Å². The molecule has 8 heteroatoms. The third-order valence-electron chi connectivity index (χ3n) is 6.54. The van der Waals surface area contributed by atoms with E-state index >= 15 is 0 Å². The van der Waals surface area contributed by atoms with E-state index in [1.165, 1.54) is 44.7 Å². The SMILES string of the molecule is C=C(C(=O)NC)N1Cc2c(cccc2-c2ccc(NC)cc2)C1=O.C=CC(=O)OC.O=CCC1CCCC1. The Kier molecular flexibility index (Phi) is 12.0. The van der Waals surface area contributed by atoms with Crippen LogP contribution in [0.4, 0.5) is 5.69 Å². The molecule has 0 atom stereocenters. The molecular weight excluding hydrogens is 482 g/mol. The fourth-order valence-corrected chi connectivity index (χ4v) is 4.37. The minimum atomic E-state index is -0.394. The number of ether oxygens (including phenoxy) is 1. The van der Waals surface area contributed by atoms with Crippen molar-refractivity contribution in [2.75, 3.05) is 26.5 Å². The van der Waals surface area contributed by atoms with Crippen LogP contribution in [-0.4, -0.2) is 50.2 Å². The van der Waals surface area contributed by atoms with E-state index < -0.39 is 5.97 Å². The first-order valence-corrected chi connectivity index (χ1v) is 12.6. The zero-order valence-corrected chi connectivity index (χ0v) is 22.4. The first-order chi connectivity index (χ1) is 18.3. The van der Waals surface area contributed by atoms with Gasteiger partial charge in [0.15, 0.2) is 0 Å². The first-order valence-electron chi connectivity index (χ1n) is 12.6. The van der Waals surface area contributed by atoms with Crippen LogP contribution in [0.3, 0.4) is 0 Å². The average Bonchev–Trinajstić information content (AvgIpc) is 3.60. The van der Waals surface area contributed by atoms with Gasteiger partial charge >= 0.3 is 5.97 Å². The number of hydrogen-bond acceptors (Lipinski definition) is 6. The van der Waals surface area contributed by atoms with Gasteiger partial charge in [0.25, 0.3) is 11.8 Å². The zero-order valence-electron chi connectivity index (χ0n) is 22.4.